The van der Waals surface area contributed by atoms with Gasteiger partial charge in [0.15, 0.2) is 5.96 Å². The van der Waals surface area contributed by atoms with Crippen molar-refractivity contribution in [1.29, 1.82) is 0 Å². The smallest absolute Gasteiger partial charge is 0.193 e. The number of nitrogens with zero attached hydrogens (tertiary/aromatic N) is 3. The van der Waals surface area contributed by atoms with Gasteiger partial charge >= 0.3 is 0 Å². The van der Waals surface area contributed by atoms with Crippen molar-refractivity contribution in [2.45, 2.75) is 25.4 Å². The van der Waals surface area contributed by atoms with E-state index in [1.54, 1.807) is 0 Å². The van der Waals surface area contributed by atoms with Gasteiger partial charge in [-0.1, -0.05) is 29.8 Å². The number of nitrogens with one attached hydrogen (secondary N) is 1. The van der Waals surface area contributed by atoms with Gasteiger partial charge in [0.25, 0.3) is 0 Å². The minimum Gasteiger partial charge on any atom is -0.355 e. The average molecular weight is 309 g/mol. The lowest BCUT2D eigenvalue weighted by Crippen LogP contribution is -2.44. The van der Waals surface area contributed by atoms with E-state index in [1.165, 1.54) is 19.4 Å². The SMILES string of the molecule is CN=C(NCC1CCCN1C)N(C)Cc1ccccc1Cl. The molecule has 1 fully saturated rings. The van der Waals surface area contributed by atoms with Gasteiger partial charge in [-0.05, 0) is 38.1 Å². The lowest BCUT2D eigenvalue weighted by atomic mass is 10.2. The summed E-state index contributed by atoms with van der Waals surface area (Å²) in [5.74, 6) is 0.912. The number of rotatable bonds is 4. The molecule has 1 aliphatic rings. The first-order chi connectivity index (χ1) is 10.1. The fraction of sp³-hybridized carbons (Fsp3) is 0.562. The van der Waals surface area contributed by atoms with E-state index >= 15 is 0 Å². The van der Waals surface area contributed by atoms with Crippen LogP contribution in [0.2, 0.25) is 5.02 Å². The Morgan fingerprint density at radius 1 is 1.48 bits per heavy atom. The number of likely N-dealkylation sites (tertiary alicyclic amines) is 1. The van der Waals surface area contributed by atoms with Gasteiger partial charge in [0, 0.05) is 38.2 Å². The Hall–Kier alpha value is -1.26. The van der Waals surface area contributed by atoms with Crippen molar-refractivity contribution in [3.63, 3.8) is 0 Å². The van der Waals surface area contributed by atoms with E-state index in [2.05, 4.69) is 33.2 Å². The van der Waals surface area contributed by atoms with Crippen molar-refractivity contribution in [3.05, 3.63) is 34.9 Å². The maximum Gasteiger partial charge on any atom is 0.193 e. The minimum absolute atomic E-state index is 0.607. The van der Waals surface area contributed by atoms with Crippen LogP contribution in [0, 0.1) is 0 Å². The second-order valence-electron chi connectivity index (χ2n) is 5.65. The summed E-state index contributed by atoms with van der Waals surface area (Å²) < 4.78 is 0. The van der Waals surface area contributed by atoms with Crippen LogP contribution in [0.5, 0.6) is 0 Å². The molecule has 2 rings (SSSR count). The first-order valence-electron chi connectivity index (χ1n) is 7.47. The van der Waals surface area contributed by atoms with Crippen LogP contribution >= 0.6 is 11.6 Å². The molecule has 21 heavy (non-hydrogen) atoms. The lowest BCUT2D eigenvalue weighted by Gasteiger charge is -2.26. The Morgan fingerprint density at radius 3 is 2.86 bits per heavy atom. The molecule has 0 radical (unpaired) electrons. The fourth-order valence-electron chi connectivity index (χ4n) is 2.79. The molecule has 1 heterocycles. The summed E-state index contributed by atoms with van der Waals surface area (Å²) in [7, 11) is 6.05. The van der Waals surface area contributed by atoms with Crippen LogP contribution < -0.4 is 5.32 Å². The van der Waals surface area contributed by atoms with Gasteiger partial charge in [-0.25, -0.2) is 0 Å². The standard InChI is InChI=1S/C16H25ClN4/c1-18-16(19-11-14-8-6-10-20(14)2)21(3)12-13-7-4-5-9-15(13)17/h4-5,7,9,14H,6,8,10-12H2,1-3H3,(H,18,19). The van der Waals surface area contributed by atoms with Crippen LogP contribution in [0.3, 0.4) is 0 Å². The van der Waals surface area contributed by atoms with Crippen LogP contribution in [0.25, 0.3) is 0 Å². The molecule has 0 spiro atoms. The fourth-order valence-corrected chi connectivity index (χ4v) is 2.98. The van der Waals surface area contributed by atoms with E-state index in [9.17, 15) is 0 Å². The first-order valence-corrected chi connectivity index (χ1v) is 7.85. The molecule has 0 aromatic heterocycles. The van der Waals surface area contributed by atoms with E-state index in [4.69, 9.17) is 11.6 Å². The molecular weight excluding hydrogens is 284 g/mol. The number of halogens is 1. The molecule has 1 N–H and O–H groups in total. The van der Waals surface area contributed by atoms with Crippen molar-refractivity contribution in [2.75, 3.05) is 34.2 Å². The van der Waals surface area contributed by atoms with E-state index in [0.29, 0.717) is 6.04 Å². The van der Waals surface area contributed by atoms with Crippen molar-refractivity contribution >= 4 is 17.6 Å². The maximum absolute atomic E-state index is 6.22. The Balaban J connectivity index is 1.90. The number of likely N-dealkylation sites (N-methyl/N-ethyl adjacent to an activating group) is 1. The molecule has 4 nitrogen and oxygen atoms in total. The third kappa shape index (κ3) is 4.35. The summed E-state index contributed by atoms with van der Waals surface area (Å²) in [6.07, 6.45) is 2.55. The van der Waals surface area contributed by atoms with E-state index in [0.717, 1.165) is 29.6 Å². The molecule has 0 bridgehead atoms. The molecule has 1 unspecified atom stereocenters. The zero-order valence-electron chi connectivity index (χ0n) is 13.1. The molecule has 0 aliphatic carbocycles. The van der Waals surface area contributed by atoms with Crippen molar-refractivity contribution in [3.8, 4) is 0 Å². The molecule has 1 aromatic rings. The van der Waals surface area contributed by atoms with Crippen LogP contribution in [0.4, 0.5) is 0 Å². The highest BCUT2D eigenvalue weighted by atomic mass is 35.5. The Bertz CT molecular complexity index is 489. The molecule has 5 heteroatoms. The third-order valence-corrected chi connectivity index (χ3v) is 4.47. The number of hydrogen-bond donors (Lipinski definition) is 1. The zero-order chi connectivity index (χ0) is 15.2. The van der Waals surface area contributed by atoms with E-state index in [1.807, 2.05) is 32.3 Å². The van der Waals surface area contributed by atoms with Crippen molar-refractivity contribution in [1.82, 2.24) is 15.1 Å². The highest BCUT2D eigenvalue weighted by Crippen LogP contribution is 2.17. The topological polar surface area (TPSA) is 30.9 Å². The first kappa shape index (κ1) is 16.1. The second kappa shape index (κ2) is 7.66. The Labute approximate surface area is 132 Å². The summed E-state index contributed by atoms with van der Waals surface area (Å²) >= 11 is 6.22. The quantitative estimate of drug-likeness (QED) is 0.685. The van der Waals surface area contributed by atoms with Gasteiger partial charge in [0.1, 0.15) is 0 Å². The molecule has 0 amide bonds. The summed E-state index contributed by atoms with van der Waals surface area (Å²) in [5.41, 5.74) is 1.11. The second-order valence-corrected chi connectivity index (χ2v) is 6.06. The summed E-state index contributed by atoms with van der Waals surface area (Å²) in [4.78, 5) is 8.89. The van der Waals surface area contributed by atoms with Crippen molar-refractivity contribution in [2.24, 2.45) is 4.99 Å². The molecule has 1 aliphatic heterocycles. The summed E-state index contributed by atoms with van der Waals surface area (Å²) in [5, 5.41) is 4.27. The van der Waals surface area contributed by atoms with Crippen LogP contribution in [0.15, 0.2) is 29.3 Å². The molecule has 1 aromatic carbocycles. The molecular formula is C16H25ClN4. The number of hydrogen-bond acceptors (Lipinski definition) is 2. The Kier molecular flexibility index (Phi) is 5.88. The average Bonchev–Trinajstić information content (AvgIpc) is 2.88. The monoisotopic (exact) mass is 308 g/mol. The number of guanidine groups is 1. The van der Waals surface area contributed by atoms with E-state index < -0.39 is 0 Å². The maximum atomic E-state index is 6.22. The van der Waals surface area contributed by atoms with Gasteiger partial charge < -0.3 is 15.1 Å². The van der Waals surface area contributed by atoms with Gasteiger partial charge in [-0.15, -0.1) is 0 Å². The molecule has 116 valence electrons. The number of aliphatic imine (C=N–C) groups is 1. The Morgan fingerprint density at radius 2 is 2.24 bits per heavy atom. The van der Waals surface area contributed by atoms with Crippen LogP contribution in [-0.4, -0.2) is 56.0 Å². The van der Waals surface area contributed by atoms with Crippen LogP contribution in [0.1, 0.15) is 18.4 Å². The van der Waals surface area contributed by atoms with Gasteiger partial charge in [0.05, 0.1) is 0 Å². The third-order valence-electron chi connectivity index (χ3n) is 4.11. The minimum atomic E-state index is 0.607. The predicted molar refractivity (Wildman–Crippen MR) is 89.9 cm³/mol. The highest BCUT2D eigenvalue weighted by molar-refractivity contribution is 6.31. The van der Waals surface area contributed by atoms with Gasteiger partial charge in [-0.2, -0.15) is 0 Å². The summed E-state index contributed by atoms with van der Waals surface area (Å²) in [6, 6.07) is 8.55. The molecule has 0 saturated carbocycles. The highest BCUT2D eigenvalue weighted by Gasteiger charge is 2.21. The lowest BCUT2D eigenvalue weighted by molar-refractivity contribution is 0.306. The van der Waals surface area contributed by atoms with E-state index in [-0.39, 0.29) is 0 Å². The zero-order valence-corrected chi connectivity index (χ0v) is 13.9. The van der Waals surface area contributed by atoms with Crippen molar-refractivity contribution < 1.29 is 0 Å². The van der Waals surface area contributed by atoms with Gasteiger partial charge in [0.2, 0.25) is 0 Å². The van der Waals surface area contributed by atoms with Gasteiger partial charge in [-0.3, -0.25) is 4.99 Å². The van der Waals surface area contributed by atoms with Crippen LogP contribution in [-0.2, 0) is 6.54 Å². The predicted octanol–water partition coefficient (Wildman–Crippen LogP) is 2.44. The molecule has 1 saturated heterocycles. The largest absolute Gasteiger partial charge is 0.355 e. The number of benzene rings is 1. The molecule has 1 atom stereocenters. The normalized spacial score (nSPS) is 19.8. The summed E-state index contributed by atoms with van der Waals surface area (Å²) in [6.45, 7) is 2.89.